The predicted octanol–water partition coefficient (Wildman–Crippen LogP) is 4.96. The van der Waals surface area contributed by atoms with E-state index in [1.165, 1.54) is 22.9 Å². The first-order valence-electron chi connectivity index (χ1n) is 10.1. The van der Waals surface area contributed by atoms with Crippen LogP contribution in [0.2, 0.25) is 5.02 Å². The fourth-order valence-electron chi connectivity index (χ4n) is 3.59. The molecule has 2 aromatic carbocycles. The number of pyridine rings is 1. The van der Waals surface area contributed by atoms with Gasteiger partial charge in [0.2, 0.25) is 5.95 Å². The molecule has 3 N–H and O–H groups in total. The number of fused-ring (bicyclic) bond motifs is 1. The molecule has 4 aromatic rings. The van der Waals surface area contributed by atoms with Crippen molar-refractivity contribution in [1.29, 1.82) is 5.26 Å². The topological polar surface area (TPSA) is 119 Å². The molecular formula is C23H16ClF3N6O2. The summed E-state index contributed by atoms with van der Waals surface area (Å²) < 4.78 is 43.0. The van der Waals surface area contributed by atoms with E-state index in [4.69, 9.17) is 17.3 Å². The number of hydrogen-bond donors (Lipinski definition) is 2. The van der Waals surface area contributed by atoms with Gasteiger partial charge < -0.3 is 15.8 Å². The third kappa shape index (κ3) is 4.97. The Kier molecular flexibility index (Phi) is 6.24. The Balaban J connectivity index is 1.87. The van der Waals surface area contributed by atoms with Crippen molar-refractivity contribution < 1.29 is 17.9 Å². The molecular weight excluding hydrogens is 485 g/mol. The minimum atomic E-state index is -4.85. The number of hydrogen-bond acceptors (Lipinski definition) is 7. The number of ether oxygens (including phenoxy) is 1. The van der Waals surface area contributed by atoms with Crippen LogP contribution in [-0.2, 0) is 0 Å². The van der Waals surface area contributed by atoms with E-state index in [0.29, 0.717) is 11.1 Å². The van der Waals surface area contributed by atoms with Crippen molar-refractivity contribution in [3.05, 3.63) is 81.4 Å². The maximum absolute atomic E-state index is 13.6. The van der Waals surface area contributed by atoms with Gasteiger partial charge in [0.1, 0.15) is 23.2 Å². The van der Waals surface area contributed by atoms with Crippen LogP contribution in [-0.4, -0.2) is 20.9 Å². The van der Waals surface area contributed by atoms with Gasteiger partial charge in [-0.3, -0.25) is 9.36 Å². The van der Waals surface area contributed by atoms with E-state index in [1.54, 1.807) is 31.2 Å². The van der Waals surface area contributed by atoms with Crippen molar-refractivity contribution in [2.75, 3.05) is 11.1 Å². The highest BCUT2D eigenvalue weighted by Gasteiger charge is 2.31. The van der Waals surface area contributed by atoms with Crippen LogP contribution in [0.15, 0.2) is 59.5 Å². The minimum Gasteiger partial charge on any atom is -0.406 e. The van der Waals surface area contributed by atoms with Gasteiger partial charge in [-0.05, 0) is 48.7 Å². The lowest BCUT2D eigenvalue weighted by atomic mass is 10.1. The zero-order chi connectivity index (χ0) is 25.3. The minimum absolute atomic E-state index is 0.0540. The maximum atomic E-state index is 13.6. The van der Waals surface area contributed by atoms with Crippen LogP contribution >= 0.6 is 11.6 Å². The van der Waals surface area contributed by atoms with Crippen molar-refractivity contribution in [3.8, 4) is 17.5 Å². The van der Waals surface area contributed by atoms with Gasteiger partial charge in [0.15, 0.2) is 0 Å². The summed E-state index contributed by atoms with van der Waals surface area (Å²) in [6.07, 6.45) is -3.58. The van der Waals surface area contributed by atoms with E-state index >= 15 is 0 Å². The summed E-state index contributed by atoms with van der Waals surface area (Å²) in [7, 11) is 0. The van der Waals surface area contributed by atoms with Crippen molar-refractivity contribution >= 4 is 34.1 Å². The molecule has 0 amide bonds. The summed E-state index contributed by atoms with van der Waals surface area (Å²) >= 11 is 6.30. The number of alkyl halides is 3. The van der Waals surface area contributed by atoms with Crippen LogP contribution in [0.1, 0.15) is 24.2 Å². The van der Waals surface area contributed by atoms with E-state index in [9.17, 15) is 23.2 Å². The van der Waals surface area contributed by atoms with E-state index in [1.807, 2.05) is 6.07 Å². The SMILES string of the molecule is CC(Nc1nc(N)ncc1C#N)c1cc2cccc(Cl)c2c(=O)n1-c1ccc(OC(F)(F)F)cc1. The molecule has 0 spiro atoms. The Morgan fingerprint density at radius 2 is 1.94 bits per heavy atom. The summed E-state index contributed by atoms with van der Waals surface area (Å²) in [6, 6.07) is 12.9. The van der Waals surface area contributed by atoms with Crippen molar-refractivity contribution in [1.82, 2.24) is 14.5 Å². The second-order valence-electron chi connectivity index (χ2n) is 7.42. The zero-order valence-electron chi connectivity index (χ0n) is 18.0. The van der Waals surface area contributed by atoms with Gasteiger partial charge in [-0.2, -0.15) is 10.2 Å². The summed E-state index contributed by atoms with van der Waals surface area (Å²) in [5.74, 6) is -0.329. The highest BCUT2D eigenvalue weighted by atomic mass is 35.5. The standard InChI is InChI=1S/C23H16ClF3N6O2/c1-12(31-20-14(10-28)11-30-22(29)32-20)18-9-13-3-2-4-17(24)19(13)21(34)33(18)15-5-7-16(8-6-15)35-23(25,26)27/h2-9,11-12H,1H3,(H3,29,30,31,32). The number of nitrogen functional groups attached to an aromatic ring is 1. The molecule has 178 valence electrons. The highest BCUT2D eigenvalue weighted by Crippen LogP contribution is 2.29. The van der Waals surface area contributed by atoms with Crippen molar-refractivity contribution in [2.24, 2.45) is 0 Å². The number of nitrogens with one attached hydrogen (secondary N) is 1. The van der Waals surface area contributed by atoms with Gasteiger partial charge in [-0.15, -0.1) is 13.2 Å². The molecule has 0 saturated heterocycles. The number of anilines is 2. The van der Waals surface area contributed by atoms with E-state index in [-0.39, 0.29) is 33.4 Å². The first kappa shape index (κ1) is 23.8. The van der Waals surface area contributed by atoms with Crippen LogP contribution in [0.5, 0.6) is 5.75 Å². The number of benzene rings is 2. The molecule has 12 heteroatoms. The lowest BCUT2D eigenvalue weighted by Gasteiger charge is -2.22. The number of halogens is 4. The summed E-state index contributed by atoms with van der Waals surface area (Å²) in [6.45, 7) is 1.72. The molecule has 0 fully saturated rings. The molecule has 0 bridgehead atoms. The van der Waals surface area contributed by atoms with Crippen LogP contribution in [0.3, 0.4) is 0 Å². The molecule has 0 radical (unpaired) electrons. The van der Waals surface area contributed by atoms with E-state index < -0.39 is 23.7 Å². The monoisotopic (exact) mass is 500 g/mol. The van der Waals surface area contributed by atoms with Gasteiger partial charge in [0, 0.05) is 11.4 Å². The number of nitriles is 1. The summed E-state index contributed by atoms with van der Waals surface area (Å²) in [4.78, 5) is 21.4. The molecule has 2 aromatic heterocycles. The van der Waals surface area contributed by atoms with E-state index in [0.717, 1.165) is 12.1 Å². The average Bonchev–Trinajstić information content (AvgIpc) is 2.79. The Hall–Kier alpha value is -4.30. The first-order chi connectivity index (χ1) is 16.6. The Bertz CT molecular complexity index is 1510. The van der Waals surface area contributed by atoms with Gasteiger partial charge in [0.05, 0.1) is 22.6 Å². The number of nitrogens with zero attached hydrogens (tertiary/aromatic N) is 4. The zero-order valence-corrected chi connectivity index (χ0v) is 18.7. The first-order valence-corrected chi connectivity index (χ1v) is 10.4. The van der Waals surface area contributed by atoms with Crippen LogP contribution in [0.25, 0.3) is 16.5 Å². The van der Waals surface area contributed by atoms with Gasteiger partial charge in [-0.1, -0.05) is 23.7 Å². The molecule has 0 aliphatic rings. The van der Waals surface area contributed by atoms with Crippen molar-refractivity contribution in [3.63, 3.8) is 0 Å². The molecule has 2 heterocycles. The quantitative estimate of drug-likeness (QED) is 0.397. The number of rotatable bonds is 5. The molecule has 8 nitrogen and oxygen atoms in total. The second-order valence-corrected chi connectivity index (χ2v) is 7.83. The average molecular weight is 501 g/mol. The fraction of sp³-hybridized carbons (Fsp3) is 0.130. The van der Waals surface area contributed by atoms with Gasteiger partial charge in [0.25, 0.3) is 5.56 Å². The van der Waals surface area contributed by atoms with Crippen LogP contribution in [0, 0.1) is 11.3 Å². The smallest absolute Gasteiger partial charge is 0.406 e. The third-order valence-electron chi connectivity index (χ3n) is 5.08. The van der Waals surface area contributed by atoms with Crippen LogP contribution in [0.4, 0.5) is 24.9 Å². The summed E-state index contributed by atoms with van der Waals surface area (Å²) in [5, 5.41) is 13.5. The van der Waals surface area contributed by atoms with Crippen LogP contribution < -0.4 is 21.3 Å². The van der Waals surface area contributed by atoms with Gasteiger partial charge >= 0.3 is 6.36 Å². The van der Waals surface area contributed by atoms with Gasteiger partial charge in [-0.25, -0.2) is 4.98 Å². The Morgan fingerprint density at radius 1 is 1.23 bits per heavy atom. The molecule has 0 aliphatic heterocycles. The summed E-state index contributed by atoms with van der Waals surface area (Å²) in [5.41, 5.74) is 6.01. The number of nitrogens with two attached hydrogens (primary N) is 1. The molecule has 0 saturated carbocycles. The fourth-order valence-corrected chi connectivity index (χ4v) is 3.85. The van der Waals surface area contributed by atoms with Crippen molar-refractivity contribution in [2.45, 2.75) is 19.3 Å². The lowest BCUT2D eigenvalue weighted by Crippen LogP contribution is -2.26. The molecule has 1 atom stereocenters. The highest BCUT2D eigenvalue weighted by molar-refractivity contribution is 6.35. The Labute approximate surface area is 201 Å². The normalized spacial score (nSPS) is 12.2. The number of aromatic nitrogens is 3. The lowest BCUT2D eigenvalue weighted by molar-refractivity contribution is -0.274. The maximum Gasteiger partial charge on any atom is 0.573 e. The second kappa shape index (κ2) is 9.15. The molecule has 0 aliphatic carbocycles. The Morgan fingerprint density at radius 3 is 2.60 bits per heavy atom. The molecule has 4 rings (SSSR count). The predicted molar refractivity (Wildman–Crippen MR) is 124 cm³/mol. The largest absolute Gasteiger partial charge is 0.573 e. The molecule has 35 heavy (non-hydrogen) atoms. The molecule has 1 unspecified atom stereocenters. The third-order valence-corrected chi connectivity index (χ3v) is 5.39. The van der Waals surface area contributed by atoms with E-state index in [2.05, 4.69) is 20.0 Å².